The van der Waals surface area contributed by atoms with E-state index < -0.39 is 16.1 Å². The van der Waals surface area contributed by atoms with E-state index in [-0.39, 0.29) is 12.3 Å². The molecule has 192 valence electrons. The van der Waals surface area contributed by atoms with Crippen LogP contribution in [0, 0.1) is 13.8 Å². The first-order valence-electron chi connectivity index (χ1n) is 12.5. The van der Waals surface area contributed by atoms with E-state index in [2.05, 4.69) is 9.47 Å². The number of rotatable bonds is 8. The summed E-state index contributed by atoms with van der Waals surface area (Å²) in [5.41, 5.74) is 2.15. The molecule has 1 amide bonds. The van der Waals surface area contributed by atoms with Crippen molar-refractivity contribution in [2.75, 3.05) is 46.9 Å². The Morgan fingerprint density at radius 1 is 1.09 bits per heavy atom. The van der Waals surface area contributed by atoms with Gasteiger partial charge in [-0.25, -0.2) is 8.42 Å². The molecule has 1 aromatic carbocycles. The van der Waals surface area contributed by atoms with Crippen LogP contribution < -0.4 is 4.74 Å². The number of aryl methyl sites for hydroxylation is 2. The number of benzene rings is 1. The van der Waals surface area contributed by atoms with Gasteiger partial charge in [0.2, 0.25) is 15.9 Å². The second kappa shape index (κ2) is 10.7. The molecule has 0 radical (unpaired) electrons. The molecule has 2 aliphatic heterocycles. The molecule has 2 aliphatic rings. The molecule has 4 rings (SSSR count). The summed E-state index contributed by atoms with van der Waals surface area (Å²) in [7, 11) is -0.435. The fourth-order valence-corrected chi connectivity index (χ4v) is 7.42. The van der Waals surface area contributed by atoms with Crippen LogP contribution in [0.5, 0.6) is 5.75 Å². The minimum atomic E-state index is -3.83. The van der Waals surface area contributed by atoms with E-state index >= 15 is 0 Å². The predicted octanol–water partition coefficient (Wildman–Crippen LogP) is 3.19. The first-order chi connectivity index (χ1) is 16.7. The van der Waals surface area contributed by atoms with Gasteiger partial charge in [-0.05, 0) is 75.2 Å². The third kappa shape index (κ3) is 5.42. The van der Waals surface area contributed by atoms with Gasteiger partial charge in [-0.3, -0.25) is 4.79 Å². The summed E-state index contributed by atoms with van der Waals surface area (Å²) in [5, 5.41) is 0. The number of hydrogen-bond donors (Lipinski definition) is 0. The minimum Gasteiger partial charge on any atom is -0.497 e. The number of fused-ring (bicyclic) bond motifs is 1. The smallest absolute Gasteiger partial charge is 0.244 e. The summed E-state index contributed by atoms with van der Waals surface area (Å²) in [6.07, 6.45) is 5.79. The molecule has 0 spiro atoms. The zero-order valence-electron chi connectivity index (χ0n) is 21.4. The number of hydrogen-bond acceptors (Lipinski definition) is 5. The summed E-state index contributed by atoms with van der Waals surface area (Å²) in [6, 6.07) is 6.81. The lowest BCUT2D eigenvalue weighted by atomic mass is 10.1. The molecular weight excluding hydrogens is 464 g/mol. The predicted molar refractivity (Wildman–Crippen MR) is 136 cm³/mol. The van der Waals surface area contributed by atoms with Gasteiger partial charge < -0.3 is 19.1 Å². The van der Waals surface area contributed by atoms with E-state index in [9.17, 15) is 13.2 Å². The van der Waals surface area contributed by atoms with Crippen molar-refractivity contribution in [3.8, 4) is 5.75 Å². The van der Waals surface area contributed by atoms with Crippen molar-refractivity contribution in [1.29, 1.82) is 0 Å². The Labute approximate surface area is 209 Å². The van der Waals surface area contributed by atoms with Crippen molar-refractivity contribution >= 4 is 15.9 Å². The maximum absolute atomic E-state index is 14.0. The number of amides is 1. The third-order valence-corrected chi connectivity index (χ3v) is 9.56. The highest BCUT2D eigenvalue weighted by molar-refractivity contribution is 7.89. The number of nitrogens with zero attached hydrogens (tertiary/aromatic N) is 4. The molecule has 8 nitrogen and oxygen atoms in total. The number of carbonyl (C=O) groups is 1. The average Bonchev–Trinajstić information content (AvgIpc) is 3.32. The molecule has 35 heavy (non-hydrogen) atoms. The molecule has 0 bridgehead atoms. The molecule has 1 fully saturated rings. The van der Waals surface area contributed by atoms with Crippen molar-refractivity contribution in [2.24, 2.45) is 0 Å². The number of sulfonamides is 1. The molecule has 9 heteroatoms. The maximum atomic E-state index is 14.0. The Morgan fingerprint density at radius 3 is 2.43 bits per heavy atom. The number of carbonyl (C=O) groups excluding carboxylic acids is 1. The van der Waals surface area contributed by atoms with Gasteiger partial charge in [0.05, 0.1) is 18.0 Å². The normalized spacial score (nSPS) is 19.4. The van der Waals surface area contributed by atoms with E-state index in [4.69, 9.17) is 4.74 Å². The summed E-state index contributed by atoms with van der Waals surface area (Å²) in [4.78, 5) is 17.8. The van der Waals surface area contributed by atoms with E-state index in [0.29, 0.717) is 41.4 Å². The summed E-state index contributed by atoms with van der Waals surface area (Å²) in [6.45, 7) is 8.16. The molecule has 3 heterocycles. The Balaban J connectivity index is 1.57. The van der Waals surface area contributed by atoms with Crippen LogP contribution in [0.1, 0.15) is 48.5 Å². The van der Waals surface area contributed by atoms with Crippen molar-refractivity contribution in [2.45, 2.75) is 57.0 Å². The fraction of sp³-hybridized carbons (Fsp3) is 0.577. The summed E-state index contributed by atoms with van der Waals surface area (Å²) < 4.78 is 36.9. The molecule has 1 atom stereocenters. The van der Waals surface area contributed by atoms with Crippen molar-refractivity contribution in [3.63, 3.8) is 0 Å². The molecule has 1 aromatic heterocycles. The summed E-state index contributed by atoms with van der Waals surface area (Å²) in [5.74, 6) is 0.596. The van der Waals surface area contributed by atoms with Crippen LogP contribution in [0.3, 0.4) is 0 Å². The number of likely N-dealkylation sites (tertiary alicyclic amines) is 1. The topological polar surface area (TPSA) is 75.1 Å². The summed E-state index contributed by atoms with van der Waals surface area (Å²) >= 11 is 0. The zero-order valence-corrected chi connectivity index (χ0v) is 22.2. The minimum absolute atomic E-state index is 0.0370. The third-order valence-electron chi connectivity index (χ3n) is 7.35. The van der Waals surface area contributed by atoms with Crippen LogP contribution in [0.2, 0.25) is 0 Å². The number of piperidine rings is 1. The molecule has 0 N–H and O–H groups in total. The van der Waals surface area contributed by atoms with E-state index in [0.717, 1.165) is 25.3 Å². The Hall–Kier alpha value is -2.36. The van der Waals surface area contributed by atoms with Gasteiger partial charge in [0.15, 0.2) is 0 Å². The standard InChI is InChI=1S/C26H38N4O4S/c1-20-17-22(34-4)18-21(2)26(20)35(32,33)30-16-15-29-12-8-9-23(29)24(30)19-25(31)27(3)13-14-28-10-6-5-7-11-28/h8-9,12,17-18,24H,5-7,10-11,13-16,19H2,1-4H3. The first-order valence-corrected chi connectivity index (χ1v) is 13.9. The second-order valence-corrected chi connectivity index (χ2v) is 11.6. The average molecular weight is 503 g/mol. The molecule has 0 aliphatic carbocycles. The lowest BCUT2D eigenvalue weighted by molar-refractivity contribution is -0.131. The van der Waals surface area contributed by atoms with Crippen LogP contribution in [-0.4, -0.2) is 79.9 Å². The van der Waals surface area contributed by atoms with E-state index in [1.54, 1.807) is 38.0 Å². The van der Waals surface area contributed by atoms with Gasteiger partial charge in [-0.2, -0.15) is 4.31 Å². The largest absolute Gasteiger partial charge is 0.497 e. The highest BCUT2D eigenvalue weighted by atomic mass is 32.2. The van der Waals surface area contributed by atoms with Gasteiger partial charge in [0.1, 0.15) is 5.75 Å². The highest BCUT2D eigenvalue weighted by Crippen LogP contribution is 2.37. The monoisotopic (exact) mass is 502 g/mol. The Kier molecular flexibility index (Phi) is 7.88. The van der Waals surface area contributed by atoms with E-state index in [1.165, 1.54) is 23.6 Å². The zero-order chi connectivity index (χ0) is 25.2. The van der Waals surface area contributed by atoms with Gasteiger partial charge >= 0.3 is 0 Å². The molecule has 1 unspecified atom stereocenters. The molecule has 1 saturated heterocycles. The van der Waals surface area contributed by atoms with Gasteiger partial charge in [-0.1, -0.05) is 6.42 Å². The fourth-order valence-electron chi connectivity index (χ4n) is 5.41. The number of likely N-dealkylation sites (N-methyl/N-ethyl adjacent to an activating group) is 1. The van der Waals surface area contributed by atoms with Crippen LogP contribution in [0.4, 0.5) is 0 Å². The van der Waals surface area contributed by atoms with Crippen molar-refractivity contribution < 1.29 is 17.9 Å². The van der Waals surface area contributed by atoms with Gasteiger partial charge in [-0.15, -0.1) is 0 Å². The highest BCUT2D eigenvalue weighted by Gasteiger charge is 2.39. The van der Waals surface area contributed by atoms with Crippen molar-refractivity contribution in [1.82, 2.24) is 18.7 Å². The SMILES string of the molecule is COc1cc(C)c(S(=O)(=O)N2CCn3cccc3C2CC(=O)N(C)CCN2CCCCC2)c(C)c1. The lowest BCUT2D eigenvalue weighted by Crippen LogP contribution is -2.45. The van der Waals surface area contributed by atoms with E-state index in [1.807, 2.05) is 25.4 Å². The quantitative estimate of drug-likeness (QED) is 0.554. The number of methoxy groups -OCH3 is 1. The van der Waals surface area contributed by atoms with Gasteiger partial charge in [0.25, 0.3) is 0 Å². The molecule has 0 saturated carbocycles. The first kappa shape index (κ1) is 25.7. The second-order valence-electron chi connectivity index (χ2n) is 9.77. The van der Waals surface area contributed by atoms with Crippen LogP contribution in [0.15, 0.2) is 35.4 Å². The lowest BCUT2D eigenvalue weighted by Gasteiger charge is -2.37. The number of aromatic nitrogens is 1. The molecular formula is C26H38N4O4S. The van der Waals surface area contributed by atoms with Crippen LogP contribution >= 0.6 is 0 Å². The van der Waals surface area contributed by atoms with Gasteiger partial charge in [0, 0.05) is 51.5 Å². The Bertz CT molecular complexity index is 1130. The van der Waals surface area contributed by atoms with Crippen molar-refractivity contribution in [3.05, 3.63) is 47.3 Å². The van der Waals surface area contributed by atoms with Crippen LogP contribution in [-0.2, 0) is 21.4 Å². The molecule has 2 aromatic rings. The maximum Gasteiger partial charge on any atom is 0.244 e. The number of ether oxygens (including phenoxy) is 1. The van der Waals surface area contributed by atoms with Crippen LogP contribution in [0.25, 0.3) is 0 Å². The Morgan fingerprint density at radius 2 is 1.77 bits per heavy atom.